The van der Waals surface area contributed by atoms with Crippen LogP contribution < -0.4 is 16.0 Å². The molecule has 5 rings (SSSR count). The van der Waals surface area contributed by atoms with Gasteiger partial charge in [0.2, 0.25) is 5.91 Å². The van der Waals surface area contributed by atoms with E-state index in [-0.39, 0.29) is 41.2 Å². The Kier molecular flexibility index (Phi) is 5.29. The van der Waals surface area contributed by atoms with E-state index in [1.807, 2.05) is 19.9 Å². The van der Waals surface area contributed by atoms with Crippen LogP contribution in [0.5, 0.6) is 0 Å². The van der Waals surface area contributed by atoms with Crippen molar-refractivity contribution in [2.45, 2.75) is 45.2 Å². The third kappa shape index (κ3) is 3.32. The van der Waals surface area contributed by atoms with E-state index in [4.69, 9.17) is 17.3 Å². The number of benzene rings is 2. The summed E-state index contributed by atoms with van der Waals surface area (Å²) < 4.78 is 42.3. The average molecular weight is 527 g/mol. The summed E-state index contributed by atoms with van der Waals surface area (Å²) in [6, 6.07) is 9.93. The van der Waals surface area contributed by atoms with Crippen molar-refractivity contribution in [2.75, 3.05) is 10.2 Å². The number of hydrogen-bond donors (Lipinski definition) is 2. The molecule has 2 heterocycles. The highest BCUT2D eigenvalue weighted by Gasteiger charge is 2.61. The standard InChI is InChI=1S/C27H22ClF3N4O2/c1-13-17(28)9-8-15-22(13)34-24(37)26(15)16(12-32)23(33)35(18-7-5-4-6-14(18)27(29,30)31)19-10-25(2,3)11-20(36)21(19)26/h4-9H,10-11,33H2,1-3H3,(H,34,37). The summed E-state index contributed by atoms with van der Waals surface area (Å²) in [6.45, 7) is 5.33. The van der Waals surface area contributed by atoms with Crippen molar-refractivity contribution in [2.24, 2.45) is 11.1 Å². The number of para-hydroxylation sites is 1. The van der Waals surface area contributed by atoms with Crippen LogP contribution in [-0.4, -0.2) is 11.7 Å². The maximum absolute atomic E-state index is 14.1. The van der Waals surface area contributed by atoms with Gasteiger partial charge in [-0.1, -0.05) is 43.6 Å². The number of nitriles is 1. The van der Waals surface area contributed by atoms with Gasteiger partial charge in [0.05, 0.1) is 22.5 Å². The van der Waals surface area contributed by atoms with Crippen LogP contribution in [-0.2, 0) is 21.2 Å². The Morgan fingerprint density at radius 2 is 1.81 bits per heavy atom. The molecule has 1 spiro atoms. The number of nitrogens with zero attached hydrogens (tertiary/aromatic N) is 2. The Hall–Kier alpha value is -3.77. The number of halogens is 4. The molecule has 1 unspecified atom stereocenters. The second-order valence-corrected chi connectivity index (χ2v) is 10.7. The highest BCUT2D eigenvalue weighted by Crippen LogP contribution is 2.58. The first kappa shape index (κ1) is 24.9. The third-order valence-corrected chi connectivity index (χ3v) is 7.72. The summed E-state index contributed by atoms with van der Waals surface area (Å²) in [4.78, 5) is 28.8. The molecule has 1 atom stereocenters. The van der Waals surface area contributed by atoms with Crippen molar-refractivity contribution >= 4 is 34.7 Å². The lowest BCUT2D eigenvalue weighted by Crippen LogP contribution is -2.52. The molecule has 37 heavy (non-hydrogen) atoms. The van der Waals surface area contributed by atoms with Crippen molar-refractivity contribution in [1.29, 1.82) is 5.26 Å². The lowest BCUT2D eigenvalue weighted by atomic mass is 9.60. The minimum Gasteiger partial charge on any atom is -0.384 e. The number of nitrogens with one attached hydrogen (secondary N) is 1. The van der Waals surface area contributed by atoms with Crippen LogP contribution in [0, 0.1) is 23.7 Å². The lowest BCUT2D eigenvalue weighted by Gasteiger charge is -2.47. The van der Waals surface area contributed by atoms with Gasteiger partial charge in [0.15, 0.2) is 5.78 Å². The summed E-state index contributed by atoms with van der Waals surface area (Å²) in [7, 11) is 0. The van der Waals surface area contributed by atoms with Crippen molar-refractivity contribution in [3.63, 3.8) is 0 Å². The lowest BCUT2D eigenvalue weighted by molar-refractivity contribution is -0.137. The van der Waals surface area contributed by atoms with Crippen molar-refractivity contribution in [3.05, 3.63) is 80.8 Å². The number of anilines is 2. The van der Waals surface area contributed by atoms with E-state index < -0.39 is 34.3 Å². The number of ketones is 1. The molecule has 2 aromatic rings. The molecular formula is C27H22ClF3N4O2. The Morgan fingerprint density at radius 1 is 1.14 bits per heavy atom. The van der Waals surface area contributed by atoms with E-state index in [0.717, 1.165) is 11.0 Å². The molecule has 3 aliphatic rings. The fourth-order valence-corrected chi connectivity index (χ4v) is 5.95. The number of rotatable bonds is 1. The summed E-state index contributed by atoms with van der Waals surface area (Å²) in [5.74, 6) is -1.44. The average Bonchev–Trinajstić information content (AvgIpc) is 3.08. The zero-order valence-corrected chi connectivity index (χ0v) is 20.9. The first-order valence-electron chi connectivity index (χ1n) is 11.5. The zero-order chi connectivity index (χ0) is 27.1. The largest absolute Gasteiger partial charge is 0.418 e. The second-order valence-electron chi connectivity index (χ2n) is 10.3. The molecular weight excluding hydrogens is 505 g/mol. The van der Waals surface area contributed by atoms with Gasteiger partial charge in [0.25, 0.3) is 0 Å². The monoisotopic (exact) mass is 526 g/mol. The van der Waals surface area contributed by atoms with Crippen LogP contribution in [0.25, 0.3) is 0 Å². The van der Waals surface area contributed by atoms with Gasteiger partial charge in [-0.2, -0.15) is 18.4 Å². The van der Waals surface area contributed by atoms with Crippen molar-refractivity contribution < 1.29 is 22.8 Å². The first-order valence-corrected chi connectivity index (χ1v) is 11.9. The summed E-state index contributed by atoms with van der Waals surface area (Å²) in [5.41, 5.74) is 3.72. The van der Waals surface area contributed by atoms with Crippen LogP contribution in [0.3, 0.4) is 0 Å². The van der Waals surface area contributed by atoms with Gasteiger partial charge >= 0.3 is 6.18 Å². The molecule has 0 saturated heterocycles. The number of amides is 1. The molecule has 0 bridgehead atoms. The fraction of sp³-hybridized carbons (Fsp3) is 0.296. The van der Waals surface area contributed by atoms with Gasteiger partial charge in [0.1, 0.15) is 17.3 Å². The van der Waals surface area contributed by atoms with Crippen LogP contribution in [0.4, 0.5) is 24.5 Å². The van der Waals surface area contributed by atoms with Crippen molar-refractivity contribution in [3.8, 4) is 6.07 Å². The highest BCUT2D eigenvalue weighted by molar-refractivity contribution is 6.32. The maximum Gasteiger partial charge on any atom is 0.418 e. The molecule has 1 amide bonds. The second kappa shape index (κ2) is 7.86. The Balaban J connectivity index is 1.93. The summed E-state index contributed by atoms with van der Waals surface area (Å²) in [5, 5.41) is 13.5. The molecule has 3 N–H and O–H groups in total. The molecule has 0 fully saturated rings. The number of alkyl halides is 3. The van der Waals surface area contributed by atoms with E-state index in [1.165, 1.54) is 18.2 Å². The van der Waals surface area contributed by atoms with E-state index in [2.05, 4.69) is 5.32 Å². The molecule has 2 aromatic carbocycles. The number of hydrogen-bond acceptors (Lipinski definition) is 5. The first-order chi connectivity index (χ1) is 17.3. The zero-order valence-electron chi connectivity index (χ0n) is 20.2. The van der Waals surface area contributed by atoms with E-state index in [9.17, 15) is 28.0 Å². The smallest absolute Gasteiger partial charge is 0.384 e. The van der Waals surface area contributed by atoms with E-state index in [0.29, 0.717) is 21.8 Å². The summed E-state index contributed by atoms with van der Waals surface area (Å²) >= 11 is 6.29. The molecule has 2 aliphatic heterocycles. The van der Waals surface area contributed by atoms with Crippen LogP contribution >= 0.6 is 11.6 Å². The SMILES string of the molecule is Cc1c(Cl)ccc2c1NC(=O)C21C(C#N)=C(N)N(c2ccccc2C(F)(F)F)C2=C1C(=O)CC(C)(C)C2. The number of carbonyl (C=O) groups excluding carboxylic acids is 2. The predicted molar refractivity (Wildman–Crippen MR) is 132 cm³/mol. The highest BCUT2D eigenvalue weighted by atomic mass is 35.5. The number of nitrogens with two attached hydrogens (primary N) is 1. The molecule has 10 heteroatoms. The minimum absolute atomic E-state index is 0.0347. The molecule has 6 nitrogen and oxygen atoms in total. The number of carbonyl (C=O) groups is 2. The Labute approximate surface area is 216 Å². The molecule has 0 radical (unpaired) electrons. The quantitative estimate of drug-likeness (QED) is 0.495. The van der Waals surface area contributed by atoms with Crippen LogP contribution in [0.2, 0.25) is 5.02 Å². The molecule has 190 valence electrons. The van der Waals surface area contributed by atoms with Gasteiger partial charge in [-0.15, -0.1) is 0 Å². The summed E-state index contributed by atoms with van der Waals surface area (Å²) in [6.07, 6.45) is -4.55. The van der Waals surface area contributed by atoms with Gasteiger partial charge in [-0.05, 0) is 42.5 Å². The van der Waals surface area contributed by atoms with Gasteiger partial charge in [0, 0.05) is 28.3 Å². The Morgan fingerprint density at radius 3 is 2.46 bits per heavy atom. The number of fused-ring (bicyclic) bond motifs is 3. The number of Topliss-reactive ketones (excluding diaryl/α,β-unsaturated/α-hetero) is 1. The number of allylic oxidation sites excluding steroid dienone is 1. The van der Waals surface area contributed by atoms with Crippen molar-refractivity contribution in [1.82, 2.24) is 0 Å². The molecule has 0 aromatic heterocycles. The Bertz CT molecular complexity index is 1520. The third-order valence-electron chi connectivity index (χ3n) is 7.31. The predicted octanol–water partition coefficient (Wildman–Crippen LogP) is 5.71. The topological polar surface area (TPSA) is 99.2 Å². The maximum atomic E-state index is 14.1. The van der Waals surface area contributed by atoms with E-state index >= 15 is 0 Å². The molecule has 1 aliphatic carbocycles. The van der Waals surface area contributed by atoms with Crippen LogP contribution in [0.1, 0.15) is 43.4 Å². The van der Waals surface area contributed by atoms with Gasteiger partial charge in [-0.3, -0.25) is 14.5 Å². The fourth-order valence-electron chi connectivity index (χ4n) is 5.79. The van der Waals surface area contributed by atoms with Crippen LogP contribution in [0.15, 0.2) is 59.1 Å². The van der Waals surface area contributed by atoms with Gasteiger partial charge < -0.3 is 11.1 Å². The van der Waals surface area contributed by atoms with E-state index in [1.54, 1.807) is 19.1 Å². The normalized spacial score (nSPS) is 22.7. The minimum atomic E-state index is -4.74. The molecule has 0 saturated carbocycles. The van der Waals surface area contributed by atoms with Gasteiger partial charge in [-0.25, -0.2) is 0 Å².